The molecule has 0 radical (unpaired) electrons. The summed E-state index contributed by atoms with van der Waals surface area (Å²) in [6.45, 7) is 11.7. The molecule has 1 saturated carbocycles. The molecule has 1 fully saturated rings. The Kier molecular flexibility index (Phi) is 6.61. The van der Waals surface area contributed by atoms with Gasteiger partial charge in [-0.15, -0.1) is 0 Å². The minimum absolute atomic E-state index is 0.499. The van der Waals surface area contributed by atoms with Gasteiger partial charge in [0, 0.05) is 3.42 Å². The van der Waals surface area contributed by atoms with E-state index in [-0.39, 0.29) is 0 Å². The first-order valence-electron chi connectivity index (χ1n) is 9.53. The van der Waals surface area contributed by atoms with Crippen LogP contribution in [0.5, 0.6) is 0 Å². The molecule has 1 heteroatoms. The van der Waals surface area contributed by atoms with Crippen molar-refractivity contribution in [1.82, 2.24) is 0 Å². The molecule has 1 aromatic rings. The first-order chi connectivity index (χ1) is 10.7. The third-order valence-corrected chi connectivity index (χ3v) is 7.51. The molecule has 0 saturated heterocycles. The zero-order chi connectivity index (χ0) is 17.1. The van der Waals surface area contributed by atoms with Gasteiger partial charge in [-0.25, -0.2) is 0 Å². The molecule has 0 aliphatic heterocycles. The molecule has 0 amide bonds. The summed E-state index contributed by atoms with van der Waals surface area (Å²) in [7, 11) is 0. The van der Waals surface area contributed by atoms with Gasteiger partial charge in [0.15, 0.2) is 0 Å². The maximum atomic E-state index is 2.68. The molecular weight excluding hydrogens is 391 g/mol. The number of rotatable bonds is 9. The fourth-order valence-corrected chi connectivity index (χ4v) is 4.10. The number of aryl methyl sites for hydroxylation is 3. The molecule has 0 spiro atoms. The van der Waals surface area contributed by atoms with Crippen molar-refractivity contribution < 1.29 is 0 Å². The standard InChI is InChI=1S/C22H35I/c1-6-21(4,5)11-7-9-19-15-17(2)16-20(18(19)3)10-8-12-22(23)13-14-22/h15-16H,6-14H2,1-5H3. The third-order valence-electron chi connectivity index (χ3n) is 5.89. The van der Waals surface area contributed by atoms with Gasteiger partial charge in [-0.05, 0) is 87.3 Å². The van der Waals surface area contributed by atoms with Crippen LogP contribution in [-0.2, 0) is 12.8 Å². The highest BCUT2D eigenvalue weighted by atomic mass is 127. The normalized spacial score (nSPS) is 16.6. The van der Waals surface area contributed by atoms with E-state index in [1.54, 1.807) is 16.7 Å². The first kappa shape index (κ1) is 19.3. The fourth-order valence-electron chi connectivity index (χ4n) is 3.45. The van der Waals surface area contributed by atoms with E-state index < -0.39 is 0 Å². The molecule has 2 rings (SSSR count). The van der Waals surface area contributed by atoms with Crippen LogP contribution in [0.1, 0.15) is 88.0 Å². The summed E-state index contributed by atoms with van der Waals surface area (Å²) in [4.78, 5) is 0. The molecule has 1 aromatic carbocycles. The van der Waals surface area contributed by atoms with Gasteiger partial charge in [-0.2, -0.15) is 0 Å². The van der Waals surface area contributed by atoms with Crippen LogP contribution in [0.4, 0.5) is 0 Å². The zero-order valence-corrected chi connectivity index (χ0v) is 18.1. The van der Waals surface area contributed by atoms with Gasteiger partial charge in [0.2, 0.25) is 0 Å². The Morgan fingerprint density at radius 3 is 2.13 bits per heavy atom. The zero-order valence-electron chi connectivity index (χ0n) is 15.9. The van der Waals surface area contributed by atoms with Crippen molar-refractivity contribution in [2.24, 2.45) is 5.41 Å². The van der Waals surface area contributed by atoms with Crippen molar-refractivity contribution in [3.63, 3.8) is 0 Å². The topological polar surface area (TPSA) is 0 Å². The summed E-state index contributed by atoms with van der Waals surface area (Å²) in [5.74, 6) is 0. The average molecular weight is 426 g/mol. The fraction of sp³-hybridized carbons (Fsp3) is 0.727. The van der Waals surface area contributed by atoms with E-state index >= 15 is 0 Å². The quantitative estimate of drug-likeness (QED) is 0.286. The van der Waals surface area contributed by atoms with Crippen LogP contribution in [0.2, 0.25) is 0 Å². The summed E-state index contributed by atoms with van der Waals surface area (Å²) < 4.78 is 0.671. The molecule has 0 bridgehead atoms. The summed E-state index contributed by atoms with van der Waals surface area (Å²) in [5, 5.41) is 0. The van der Waals surface area contributed by atoms with Crippen LogP contribution in [0, 0.1) is 19.3 Å². The van der Waals surface area contributed by atoms with E-state index in [1.165, 1.54) is 63.4 Å². The number of hydrogen-bond acceptors (Lipinski definition) is 0. The van der Waals surface area contributed by atoms with E-state index in [9.17, 15) is 0 Å². The van der Waals surface area contributed by atoms with Crippen LogP contribution >= 0.6 is 22.6 Å². The molecular formula is C22H35I. The Morgan fingerprint density at radius 2 is 1.61 bits per heavy atom. The van der Waals surface area contributed by atoms with Crippen molar-refractivity contribution in [2.75, 3.05) is 0 Å². The second kappa shape index (κ2) is 7.89. The largest absolute Gasteiger partial charge is 0.0789 e. The Morgan fingerprint density at radius 1 is 1.04 bits per heavy atom. The number of halogens is 1. The van der Waals surface area contributed by atoms with Crippen molar-refractivity contribution in [3.05, 3.63) is 34.4 Å². The van der Waals surface area contributed by atoms with Crippen LogP contribution in [0.25, 0.3) is 0 Å². The van der Waals surface area contributed by atoms with Crippen LogP contribution in [0.3, 0.4) is 0 Å². The highest BCUT2D eigenvalue weighted by Crippen LogP contribution is 2.48. The van der Waals surface area contributed by atoms with Crippen molar-refractivity contribution in [3.8, 4) is 0 Å². The average Bonchev–Trinajstić information content (AvgIpc) is 3.21. The van der Waals surface area contributed by atoms with Gasteiger partial charge in [-0.3, -0.25) is 0 Å². The molecule has 0 nitrogen and oxygen atoms in total. The minimum atomic E-state index is 0.499. The second-order valence-corrected chi connectivity index (χ2v) is 10.9. The minimum Gasteiger partial charge on any atom is -0.0789 e. The SMILES string of the molecule is CCC(C)(C)CCCc1cc(C)cc(CCCC2(I)CC2)c1C. The van der Waals surface area contributed by atoms with Gasteiger partial charge < -0.3 is 0 Å². The number of benzene rings is 1. The lowest BCUT2D eigenvalue weighted by molar-refractivity contribution is 0.313. The molecule has 0 aromatic heterocycles. The molecule has 23 heavy (non-hydrogen) atoms. The van der Waals surface area contributed by atoms with Gasteiger partial charge in [0.05, 0.1) is 0 Å². The maximum Gasteiger partial charge on any atom is 0.0223 e. The first-order valence-corrected chi connectivity index (χ1v) is 10.6. The smallest absolute Gasteiger partial charge is 0.0223 e. The van der Waals surface area contributed by atoms with Crippen molar-refractivity contribution in [1.29, 1.82) is 0 Å². The van der Waals surface area contributed by atoms with Gasteiger partial charge >= 0.3 is 0 Å². The summed E-state index contributed by atoms with van der Waals surface area (Å²) in [6.07, 6.45) is 12.1. The summed E-state index contributed by atoms with van der Waals surface area (Å²) in [5.41, 5.74) is 6.73. The van der Waals surface area contributed by atoms with Crippen molar-refractivity contribution in [2.45, 2.75) is 95.8 Å². The predicted molar refractivity (Wildman–Crippen MR) is 112 cm³/mol. The Labute approximate surface area is 158 Å². The molecule has 0 N–H and O–H groups in total. The lowest BCUT2D eigenvalue weighted by Gasteiger charge is -2.22. The van der Waals surface area contributed by atoms with Crippen LogP contribution in [0.15, 0.2) is 12.1 Å². The predicted octanol–water partition coefficient (Wildman–Crippen LogP) is 7.35. The second-order valence-electron chi connectivity index (χ2n) is 8.58. The Bertz CT molecular complexity index is 523. The Balaban J connectivity index is 1.94. The summed E-state index contributed by atoms with van der Waals surface area (Å²) in [6, 6.07) is 4.86. The maximum absolute atomic E-state index is 2.68. The molecule has 130 valence electrons. The highest BCUT2D eigenvalue weighted by molar-refractivity contribution is 14.1. The molecule has 0 unspecified atom stereocenters. The number of hydrogen-bond donors (Lipinski definition) is 0. The lowest BCUT2D eigenvalue weighted by atomic mass is 9.83. The monoisotopic (exact) mass is 426 g/mol. The van der Waals surface area contributed by atoms with Crippen LogP contribution < -0.4 is 0 Å². The molecule has 1 aliphatic rings. The van der Waals surface area contributed by atoms with E-state index in [0.29, 0.717) is 8.84 Å². The molecule has 1 aliphatic carbocycles. The van der Waals surface area contributed by atoms with E-state index in [2.05, 4.69) is 69.3 Å². The van der Waals surface area contributed by atoms with E-state index in [1.807, 2.05) is 0 Å². The number of alkyl halides is 1. The van der Waals surface area contributed by atoms with Crippen LogP contribution in [-0.4, -0.2) is 3.42 Å². The van der Waals surface area contributed by atoms with E-state index in [0.717, 1.165) is 0 Å². The third kappa shape index (κ3) is 6.07. The molecule has 0 atom stereocenters. The Hall–Kier alpha value is -0.0500. The summed E-state index contributed by atoms with van der Waals surface area (Å²) >= 11 is 2.68. The molecule has 0 heterocycles. The van der Waals surface area contributed by atoms with Gasteiger partial charge in [0.1, 0.15) is 0 Å². The van der Waals surface area contributed by atoms with Gasteiger partial charge in [-0.1, -0.05) is 67.5 Å². The highest BCUT2D eigenvalue weighted by Gasteiger charge is 2.38. The van der Waals surface area contributed by atoms with Gasteiger partial charge in [0.25, 0.3) is 0 Å². The lowest BCUT2D eigenvalue weighted by Crippen LogP contribution is -2.10. The van der Waals surface area contributed by atoms with E-state index in [4.69, 9.17) is 0 Å². The van der Waals surface area contributed by atoms with Crippen molar-refractivity contribution >= 4 is 22.6 Å².